The minimum absolute atomic E-state index is 0.0151. The molecule has 0 radical (unpaired) electrons. The fraction of sp³-hybridized carbons (Fsp3) is 0.385. The Bertz CT molecular complexity index is 514. The largest absolute Gasteiger partial charge is 0.368 e. The summed E-state index contributed by atoms with van der Waals surface area (Å²) in [5, 5.41) is 8.91. The molecule has 0 atom stereocenters. The molecule has 2 N–H and O–H groups in total. The number of fused-ring (bicyclic) bond motifs is 1. The van der Waals surface area contributed by atoms with E-state index in [-0.39, 0.29) is 17.9 Å². The van der Waals surface area contributed by atoms with Gasteiger partial charge in [0, 0.05) is 17.6 Å². The van der Waals surface area contributed by atoms with E-state index in [4.69, 9.17) is 11.0 Å². The van der Waals surface area contributed by atoms with Crippen molar-refractivity contribution < 1.29 is 4.79 Å². The Kier molecular flexibility index (Phi) is 2.55. The lowest BCUT2D eigenvalue weighted by atomic mass is 9.87. The predicted molar refractivity (Wildman–Crippen MR) is 65.6 cm³/mol. The molecular formula is C13H15N3O. The summed E-state index contributed by atoms with van der Waals surface area (Å²) >= 11 is 0. The van der Waals surface area contributed by atoms with Gasteiger partial charge >= 0.3 is 0 Å². The maximum Gasteiger partial charge on any atom is 0.236 e. The smallest absolute Gasteiger partial charge is 0.236 e. The van der Waals surface area contributed by atoms with Gasteiger partial charge in [-0.1, -0.05) is 19.9 Å². The van der Waals surface area contributed by atoms with E-state index in [1.807, 2.05) is 23.1 Å². The Hall–Kier alpha value is -2.02. The van der Waals surface area contributed by atoms with Gasteiger partial charge in [0.15, 0.2) is 0 Å². The molecule has 0 fully saturated rings. The molecule has 1 aromatic carbocycles. The number of nitrogens with two attached hydrogens (primary N) is 1. The Morgan fingerprint density at radius 3 is 2.88 bits per heavy atom. The zero-order valence-corrected chi connectivity index (χ0v) is 10.0. The summed E-state index contributed by atoms with van der Waals surface area (Å²) in [5.41, 5.74) is 7.95. The quantitative estimate of drug-likeness (QED) is 0.826. The van der Waals surface area contributed by atoms with Gasteiger partial charge in [-0.25, -0.2) is 0 Å². The van der Waals surface area contributed by atoms with Crippen molar-refractivity contribution in [3.8, 4) is 6.07 Å². The van der Waals surface area contributed by atoms with Gasteiger partial charge in [-0.3, -0.25) is 4.79 Å². The molecule has 0 bridgehead atoms. The van der Waals surface area contributed by atoms with Crippen molar-refractivity contribution in [1.82, 2.24) is 0 Å². The molecule has 0 unspecified atom stereocenters. The molecule has 1 heterocycles. The Balaban J connectivity index is 2.47. The molecule has 0 saturated carbocycles. The van der Waals surface area contributed by atoms with Crippen molar-refractivity contribution in [2.45, 2.75) is 19.3 Å². The van der Waals surface area contributed by atoms with Gasteiger partial charge in [0.25, 0.3) is 0 Å². The van der Waals surface area contributed by atoms with Crippen LogP contribution in [0.15, 0.2) is 18.2 Å². The second-order valence-electron chi connectivity index (χ2n) is 5.05. The number of hydrogen-bond acceptors (Lipinski definition) is 3. The van der Waals surface area contributed by atoms with Crippen molar-refractivity contribution in [2.75, 3.05) is 18.0 Å². The van der Waals surface area contributed by atoms with Crippen molar-refractivity contribution in [3.05, 3.63) is 29.3 Å². The van der Waals surface area contributed by atoms with Gasteiger partial charge in [0.2, 0.25) is 5.91 Å². The van der Waals surface area contributed by atoms with Crippen molar-refractivity contribution in [1.29, 1.82) is 5.26 Å². The third kappa shape index (κ3) is 1.96. The van der Waals surface area contributed by atoms with Crippen LogP contribution in [-0.4, -0.2) is 19.0 Å². The van der Waals surface area contributed by atoms with E-state index in [1.165, 1.54) is 0 Å². The Morgan fingerprint density at radius 2 is 2.29 bits per heavy atom. The molecule has 88 valence electrons. The summed E-state index contributed by atoms with van der Waals surface area (Å²) in [6.07, 6.45) is 0. The van der Waals surface area contributed by atoms with E-state index >= 15 is 0 Å². The molecule has 0 aliphatic carbocycles. The molecule has 0 spiro atoms. The van der Waals surface area contributed by atoms with Crippen molar-refractivity contribution in [2.24, 2.45) is 5.73 Å². The second-order valence-corrected chi connectivity index (χ2v) is 5.05. The zero-order valence-electron chi connectivity index (χ0n) is 10.0. The number of primary amides is 1. The highest BCUT2D eigenvalue weighted by Crippen LogP contribution is 2.40. The first kappa shape index (κ1) is 11.5. The van der Waals surface area contributed by atoms with E-state index in [9.17, 15) is 4.79 Å². The molecule has 1 amide bonds. The monoisotopic (exact) mass is 229 g/mol. The number of amides is 1. The first-order chi connectivity index (χ1) is 7.94. The maximum absolute atomic E-state index is 11.0. The highest BCUT2D eigenvalue weighted by Gasteiger charge is 2.35. The van der Waals surface area contributed by atoms with E-state index in [0.29, 0.717) is 5.56 Å². The standard InChI is InChI=1S/C13H15N3O/c1-13(2)8-16(7-12(15)17)11-5-9(6-14)3-4-10(11)13/h3-5H,7-8H2,1-2H3,(H2,15,17). The summed E-state index contributed by atoms with van der Waals surface area (Å²) in [7, 11) is 0. The van der Waals surface area contributed by atoms with Crippen LogP contribution in [0.25, 0.3) is 0 Å². The van der Waals surface area contributed by atoms with Crippen LogP contribution < -0.4 is 10.6 Å². The van der Waals surface area contributed by atoms with Gasteiger partial charge in [-0.05, 0) is 17.7 Å². The topological polar surface area (TPSA) is 70.1 Å². The molecule has 4 heteroatoms. The van der Waals surface area contributed by atoms with Crippen LogP contribution in [-0.2, 0) is 10.2 Å². The number of benzene rings is 1. The molecule has 4 nitrogen and oxygen atoms in total. The van der Waals surface area contributed by atoms with Crippen molar-refractivity contribution >= 4 is 11.6 Å². The number of nitrogens with zero attached hydrogens (tertiary/aromatic N) is 2. The van der Waals surface area contributed by atoms with Crippen LogP contribution in [0.3, 0.4) is 0 Å². The number of nitriles is 1. The predicted octanol–water partition coefficient (Wildman–Crippen LogP) is 1.14. The molecule has 0 saturated heterocycles. The lowest BCUT2D eigenvalue weighted by Crippen LogP contribution is -2.35. The summed E-state index contributed by atoms with van der Waals surface area (Å²) in [5.74, 6) is -0.351. The van der Waals surface area contributed by atoms with Crippen molar-refractivity contribution in [3.63, 3.8) is 0 Å². The fourth-order valence-corrected chi connectivity index (χ4v) is 2.41. The highest BCUT2D eigenvalue weighted by atomic mass is 16.1. The molecule has 1 aromatic rings. The Morgan fingerprint density at radius 1 is 1.59 bits per heavy atom. The summed E-state index contributed by atoms with van der Waals surface area (Å²) in [6, 6.07) is 7.72. The number of carbonyl (C=O) groups is 1. The van der Waals surface area contributed by atoms with Gasteiger partial charge < -0.3 is 10.6 Å². The van der Waals surface area contributed by atoms with E-state index in [2.05, 4.69) is 19.9 Å². The molecule has 0 aromatic heterocycles. The fourth-order valence-electron chi connectivity index (χ4n) is 2.41. The number of hydrogen-bond donors (Lipinski definition) is 1. The van der Waals surface area contributed by atoms with Gasteiger partial charge in [-0.2, -0.15) is 5.26 Å². The molecular weight excluding hydrogens is 214 g/mol. The van der Waals surface area contributed by atoms with Gasteiger partial charge in [0.1, 0.15) is 0 Å². The highest BCUT2D eigenvalue weighted by molar-refractivity contribution is 5.81. The third-order valence-corrected chi connectivity index (χ3v) is 3.13. The normalized spacial score (nSPS) is 16.4. The number of rotatable bonds is 2. The SMILES string of the molecule is CC1(C)CN(CC(N)=O)c2cc(C#N)ccc21. The average molecular weight is 229 g/mol. The molecule has 1 aliphatic heterocycles. The summed E-state index contributed by atoms with van der Waals surface area (Å²) < 4.78 is 0. The van der Waals surface area contributed by atoms with Crippen LogP contribution in [0.2, 0.25) is 0 Å². The van der Waals surface area contributed by atoms with Crippen LogP contribution >= 0.6 is 0 Å². The first-order valence-electron chi connectivity index (χ1n) is 5.52. The minimum Gasteiger partial charge on any atom is -0.368 e. The third-order valence-electron chi connectivity index (χ3n) is 3.13. The zero-order chi connectivity index (χ0) is 12.6. The van der Waals surface area contributed by atoms with Gasteiger partial charge in [-0.15, -0.1) is 0 Å². The van der Waals surface area contributed by atoms with Gasteiger partial charge in [0.05, 0.1) is 18.2 Å². The summed E-state index contributed by atoms with van der Waals surface area (Å²) in [6.45, 7) is 5.20. The molecule has 17 heavy (non-hydrogen) atoms. The lowest BCUT2D eigenvalue weighted by Gasteiger charge is -2.20. The maximum atomic E-state index is 11.0. The first-order valence-corrected chi connectivity index (χ1v) is 5.52. The van der Waals surface area contributed by atoms with E-state index < -0.39 is 0 Å². The Labute approximate surface area is 101 Å². The minimum atomic E-state index is -0.351. The van der Waals surface area contributed by atoms with Crippen LogP contribution in [0.5, 0.6) is 0 Å². The van der Waals surface area contributed by atoms with Crippen LogP contribution in [0.1, 0.15) is 25.0 Å². The van der Waals surface area contributed by atoms with E-state index in [0.717, 1.165) is 17.8 Å². The van der Waals surface area contributed by atoms with E-state index in [1.54, 1.807) is 0 Å². The summed E-state index contributed by atoms with van der Waals surface area (Å²) in [4.78, 5) is 13.0. The van der Waals surface area contributed by atoms with Crippen LogP contribution in [0, 0.1) is 11.3 Å². The average Bonchev–Trinajstić information content (AvgIpc) is 2.49. The number of carbonyl (C=O) groups excluding carboxylic acids is 1. The van der Waals surface area contributed by atoms with Crippen LogP contribution in [0.4, 0.5) is 5.69 Å². The second kappa shape index (κ2) is 3.77. The molecule has 1 aliphatic rings. The lowest BCUT2D eigenvalue weighted by molar-refractivity contribution is -0.116. The molecule has 2 rings (SSSR count). The number of anilines is 1.